The summed E-state index contributed by atoms with van der Waals surface area (Å²) in [7, 11) is 1.52. The monoisotopic (exact) mass is 244 g/mol. The fraction of sp³-hybridized carbons (Fsp3) is 0.364. The lowest BCUT2D eigenvalue weighted by Crippen LogP contribution is -2.23. The Bertz CT molecular complexity index is 392. The van der Waals surface area contributed by atoms with Gasteiger partial charge in [-0.2, -0.15) is 0 Å². The fourth-order valence-electron chi connectivity index (χ4n) is 1.73. The third-order valence-electron chi connectivity index (χ3n) is 2.70. The zero-order valence-corrected chi connectivity index (χ0v) is 9.73. The van der Waals surface area contributed by atoms with E-state index in [4.69, 9.17) is 27.9 Å². The maximum absolute atomic E-state index is 11.3. The molecule has 1 fully saturated rings. The molecule has 15 heavy (non-hydrogen) atoms. The Balaban J connectivity index is 2.39. The summed E-state index contributed by atoms with van der Waals surface area (Å²) in [4.78, 5) is 11.3. The molecule has 1 aromatic rings. The lowest BCUT2D eigenvalue weighted by molar-refractivity contribution is -0.125. The van der Waals surface area contributed by atoms with Gasteiger partial charge in [0.2, 0.25) is 0 Å². The summed E-state index contributed by atoms with van der Waals surface area (Å²) in [6.07, 6.45) is 1.55. The molecule has 0 heterocycles. The van der Waals surface area contributed by atoms with Gasteiger partial charge in [0.1, 0.15) is 5.78 Å². The summed E-state index contributed by atoms with van der Waals surface area (Å²) in [6, 6.07) is 3.52. The number of carbonyl (C=O) groups excluding carboxylic acids is 1. The van der Waals surface area contributed by atoms with Gasteiger partial charge in [0, 0.05) is 12.3 Å². The number of carbonyl (C=O) groups is 1. The Kier molecular flexibility index (Phi) is 2.89. The van der Waals surface area contributed by atoms with E-state index in [0.29, 0.717) is 22.2 Å². The minimum atomic E-state index is -0.0223. The van der Waals surface area contributed by atoms with Crippen LogP contribution in [0, 0.1) is 0 Å². The smallest absolute Gasteiger partial charge is 0.156 e. The topological polar surface area (TPSA) is 26.3 Å². The maximum Gasteiger partial charge on any atom is 0.156 e. The first-order chi connectivity index (χ1) is 7.13. The average molecular weight is 245 g/mol. The molecule has 2 rings (SSSR count). The summed E-state index contributed by atoms with van der Waals surface area (Å²) in [6.45, 7) is 0. The number of ether oxygens (including phenoxy) is 1. The highest BCUT2D eigenvalue weighted by atomic mass is 35.5. The lowest BCUT2D eigenvalue weighted by Gasteiger charge is -2.24. The summed E-state index contributed by atoms with van der Waals surface area (Å²) in [5.74, 6) is 0.701. The number of Topliss-reactive ketones (excluding diaryl/α,β-unsaturated/α-hetero) is 1. The van der Waals surface area contributed by atoms with Crippen LogP contribution < -0.4 is 4.74 Å². The zero-order chi connectivity index (χ0) is 11.0. The Morgan fingerprint density at radius 3 is 2.27 bits per heavy atom. The van der Waals surface area contributed by atoms with Gasteiger partial charge < -0.3 is 4.74 Å². The molecule has 0 spiro atoms. The van der Waals surface area contributed by atoms with Crippen LogP contribution in [0.3, 0.4) is 0 Å². The van der Waals surface area contributed by atoms with Crippen molar-refractivity contribution in [1.29, 1.82) is 0 Å². The second-order valence-corrected chi connectivity index (χ2v) is 4.39. The van der Waals surface area contributed by atoms with Crippen molar-refractivity contribution in [2.24, 2.45) is 0 Å². The first kappa shape index (κ1) is 10.8. The van der Waals surface area contributed by atoms with E-state index in [0.717, 1.165) is 12.0 Å². The molecular weight excluding hydrogens is 235 g/mol. The van der Waals surface area contributed by atoms with Crippen LogP contribution in [0.15, 0.2) is 12.1 Å². The van der Waals surface area contributed by atoms with Crippen LogP contribution in [0.2, 0.25) is 10.0 Å². The normalized spacial score (nSPS) is 19.9. The third kappa shape index (κ3) is 1.84. The first-order valence-electron chi connectivity index (χ1n) is 4.69. The van der Waals surface area contributed by atoms with Gasteiger partial charge in [0.25, 0.3) is 0 Å². The summed E-state index contributed by atoms with van der Waals surface area (Å²) in [5, 5.41) is 0.916. The van der Waals surface area contributed by atoms with E-state index in [1.807, 2.05) is 0 Å². The minimum absolute atomic E-state index is 0.0223. The Morgan fingerprint density at radius 2 is 1.93 bits per heavy atom. The van der Waals surface area contributed by atoms with Gasteiger partial charge in [-0.15, -0.1) is 0 Å². The molecule has 0 saturated heterocycles. The van der Waals surface area contributed by atoms with Crippen LogP contribution in [0.25, 0.3) is 0 Å². The molecule has 0 bridgehead atoms. The molecule has 1 aliphatic rings. The summed E-state index contributed by atoms with van der Waals surface area (Å²) < 4.78 is 5.04. The van der Waals surface area contributed by atoms with E-state index in [1.165, 1.54) is 7.11 Å². The number of benzene rings is 1. The summed E-state index contributed by atoms with van der Waals surface area (Å²) >= 11 is 12.0. The predicted molar refractivity (Wildman–Crippen MR) is 60.0 cm³/mol. The van der Waals surface area contributed by atoms with E-state index in [1.54, 1.807) is 12.1 Å². The second-order valence-electron chi connectivity index (χ2n) is 3.58. The van der Waals surface area contributed by atoms with Crippen molar-refractivity contribution in [3.8, 4) is 5.75 Å². The fourth-order valence-corrected chi connectivity index (χ4v) is 2.39. The van der Waals surface area contributed by atoms with Crippen molar-refractivity contribution in [1.82, 2.24) is 0 Å². The van der Waals surface area contributed by atoms with Crippen molar-refractivity contribution in [2.45, 2.75) is 18.8 Å². The number of halogens is 2. The molecule has 4 heteroatoms. The van der Waals surface area contributed by atoms with Crippen molar-refractivity contribution >= 4 is 29.0 Å². The Hall–Kier alpha value is -0.730. The van der Waals surface area contributed by atoms with Crippen LogP contribution in [0.1, 0.15) is 24.3 Å². The average Bonchev–Trinajstić information content (AvgIpc) is 2.15. The van der Waals surface area contributed by atoms with Crippen LogP contribution in [-0.2, 0) is 4.79 Å². The van der Waals surface area contributed by atoms with Gasteiger partial charge in [-0.05, 0) is 24.1 Å². The lowest BCUT2D eigenvalue weighted by atomic mass is 9.79. The van der Waals surface area contributed by atoms with Crippen molar-refractivity contribution < 1.29 is 9.53 Å². The highest BCUT2D eigenvalue weighted by Gasteiger charge is 2.30. The van der Waals surface area contributed by atoms with Crippen LogP contribution in [0.4, 0.5) is 0 Å². The Labute approximate surface area is 98.1 Å². The molecule has 0 amide bonds. The molecule has 1 saturated carbocycles. The largest absolute Gasteiger partial charge is 0.494 e. The molecule has 1 aromatic carbocycles. The first-order valence-corrected chi connectivity index (χ1v) is 5.44. The van der Waals surface area contributed by atoms with Gasteiger partial charge in [0.05, 0.1) is 17.2 Å². The highest BCUT2D eigenvalue weighted by molar-refractivity contribution is 6.37. The molecule has 0 aromatic heterocycles. The number of rotatable bonds is 2. The quantitative estimate of drug-likeness (QED) is 0.797. The zero-order valence-electron chi connectivity index (χ0n) is 8.22. The van der Waals surface area contributed by atoms with Crippen LogP contribution >= 0.6 is 23.2 Å². The molecule has 0 radical (unpaired) electrons. The molecule has 1 aliphatic carbocycles. The molecule has 80 valence electrons. The van der Waals surface area contributed by atoms with E-state index in [9.17, 15) is 4.79 Å². The second kappa shape index (κ2) is 4.03. The molecule has 2 nitrogen and oxygen atoms in total. The highest BCUT2D eigenvalue weighted by Crippen LogP contribution is 2.40. The third-order valence-corrected chi connectivity index (χ3v) is 3.26. The van der Waals surface area contributed by atoms with E-state index in [2.05, 4.69) is 0 Å². The number of ketones is 1. The van der Waals surface area contributed by atoms with Gasteiger partial charge in [-0.3, -0.25) is 4.79 Å². The number of methoxy groups -OCH3 is 1. The molecule has 1 atom stereocenters. The van der Waals surface area contributed by atoms with E-state index >= 15 is 0 Å². The predicted octanol–water partition coefficient (Wildman–Crippen LogP) is 3.45. The van der Waals surface area contributed by atoms with Gasteiger partial charge in [-0.1, -0.05) is 23.2 Å². The molecule has 0 aliphatic heterocycles. The van der Waals surface area contributed by atoms with Crippen LogP contribution in [-0.4, -0.2) is 12.9 Å². The molecule has 1 unspecified atom stereocenters. The minimum Gasteiger partial charge on any atom is -0.494 e. The van der Waals surface area contributed by atoms with E-state index in [-0.39, 0.29) is 11.7 Å². The van der Waals surface area contributed by atoms with Gasteiger partial charge in [0.15, 0.2) is 5.75 Å². The van der Waals surface area contributed by atoms with E-state index < -0.39 is 0 Å². The standard InChI is InChI=1S/C11H10Cl2O2/c1-15-11-8(12)4-6(5-9(11)13)7-2-3-10(7)14/h4-5,7H,2-3H2,1H3. The SMILES string of the molecule is COc1c(Cl)cc(C2CCC2=O)cc1Cl. The van der Waals surface area contributed by atoms with Gasteiger partial charge in [-0.25, -0.2) is 0 Å². The van der Waals surface area contributed by atoms with Crippen LogP contribution in [0.5, 0.6) is 5.75 Å². The Morgan fingerprint density at radius 1 is 1.33 bits per heavy atom. The van der Waals surface area contributed by atoms with Crippen molar-refractivity contribution in [3.63, 3.8) is 0 Å². The van der Waals surface area contributed by atoms with Crippen molar-refractivity contribution in [2.75, 3.05) is 7.11 Å². The molecule has 0 N–H and O–H groups in total. The maximum atomic E-state index is 11.3. The summed E-state index contributed by atoms with van der Waals surface area (Å²) in [5.41, 5.74) is 0.891. The number of hydrogen-bond donors (Lipinski definition) is 0. The number of hydrogen-bond acceptors (Lipinski definition) is 2. The molecular formula is C11H10Cl2O2. The van der Waals surface area contributed by atoms with Gasteiger partial charge >= 0.3 is 0 Å². The van der Waals surface area contributed by atoms with Crippen molar-refractivity contribution in [3.05, 3.63) is 27.7 Å².